The molecule has 0 radical (unpaired) electrons. The van der Waals surface area contributed by atoms with Crippen LogP contribution < -0.4 is 9.64 Å². The van der Waals surface area contributed by atoms with Crippen molar-refractivity contribution in [1.29, 1.82) is 0 Å². The highest BCUT2D eigenvalue weighted by atomic mass is 19.4. The first-order chi connectivity index (χ1) is 15.4. The molecular weight excluding hydrogens is 415 g/mol. The predicted octanol–water partition coefficient (Wildman–Crippen LogP) is 8.30. The monoisotopic (exact) mass is 439 g/mol. The van der Waals surface area contributed by atoms with Gasteiger partial charge in [0.2, 0.25) is 0 Å². The second-order valence-electron chi connectivity index (χ2n) is 8.39. The van der Waals surface area contributed by atoms with Crippen LogP contribution in [0.4, 0.5) is 24.5 Å². The Labute approximate surface area is 184 Å². The molecule has 0 atom stereocenters. The molecule has 1 saturated carbocycles. The molecule has 0 amide bonds. The number of anilines is 2. The van der Waals surface area contributed by atoms with Gasteiger partial charge in [-0.05, 0) is 42.5 Å². The van der Waals surface area contributed by atoms with Crippen molar-refractivity contribution < 1.29 is 22.3 Å². The second-order valence-corrected chi connectivity index (χ2v) is 8.39. The Balaban J connectivity index is 1.63. The number of furan rings is 1. The summed E-state index contributed by atoms with van der Waals surface area (Å²) in [5.41, 5.74) is 3.77. The summed E-state index contributed by atoms with van der Waals surface area (Å²) in [6, 6.07) is 18.2. The summed E-state index contributed by atoms with van der Waals surface area (Å²) in [4.78, 5) is 1.69. The molecule has 0 unspecified atom stereocenters. The van der Waals surface area contributed by atoms with Crippen LogP contribution in [0.15, 0.2) is 65.1 Å². The first-order valence-electron chi connectivity index (χ1n) is 10.9. The largest absolute Gasteiger partial charge is 0.573 e. The highest BCUT2D eigenvalue weighted by Crippen LogP contribution is 2.44. The van der Waals surface area contributed by atoms with Crippen LogP contribution in [0, 0.1) is 0 Å². The lowest BCUT2D eigenvalue weighted by atomic mass is 9.83. The topological polar surface area (TPSA) is 25.6 Å². The van der Waals surface area contributed by atoms with E-state index in [1.54, 1.807) is 24.1 Å². The number of para-hydroxylation sites is 4. The zero-order valence-corrected chi connectivity index (χ0v) is 17.8. The maximum absolute atomic E-state index is 12.9. The smallest absolute Gasteiger partial charge is 0.454 e. The summed E-state index contributed by atoms with van der Waals surface area (Å²) in [6.45, 7) is 0. The maximum Gasteiger partial charge on any atom is 0.573 e. The Hall–Kier alpha value is -3.15. The number of alkyl halides is 3. The van der Waals surface area contributed by atoms with E-state index in [1.165, 1.54) is 37.0 Å². The van der Waals surface area contributed by atoms with Gasteiger partial charge in [0.15, 0.2) is 11.3 Å². The predicted molar refractivity (Wildman–Crippen MR) is 121 cm³/mol. The summed E-state index contributed by atoms with van der Waals surface area (Å²) in [5.74, 6) is 0.230. The molecule has 1 aromatic heterocycles. The molecule has 166 valence electrons. The van der Waals surface area contributed by atoms with Gasteiger partial charge in [-0.1, -0.05) is 61.7 Å². The van der Waals surface area contributed by atoms with Gasteiger partial charge in [-0.3, -0.25) is 0 Å². The number of rotatable bonds is 4. The first-order valence-corrected chi connectivity index (χ1v) is 10.9. The van der Waals surface area contributed by atoms with E-state index in [0.717, 1.165) is 29.2 Å². The average Bonchev–Trinajstić information content (AvgIpc) is 3.17. The van der Waals surface area contributed by atoms with Gasteiger partial charge >= 0.3 is 6.36 Å². The van der Waals surface area contributed by atoms with E-state index in [1.807, 2.05) is 18.2 Å². The van der Waals surface area contributed by atoms with Crippen LogP contribution in [0.25, 0.3) is 21.9 Å². The molecule has 3 nitrogen and oxygen atoms in total. The normalized spacial score (nSPS) is 15.4. The standard InChI is InChI=1S/C26H24F3NO2/c1-30(21-14-5-6-16-23(21)32-26(27,28)29)22-15-8-13-20-19-12-7-11-18(24(19)31-25(20)22)17-9-3-2-4-10-17/h5-8,11-17H,2-4,9-10H2,1H3. The van der Waals surface area contributed by atoms with E-state index in [-0.39, 0.29) is 5.75 Å². The van der Waals surface area contributed by atoms with Crippen molar-refractivity contribution in [3.05, 3.63) is 66.2 Å². The van der Waals surface area contributed by atoms with Gasteiger partial charge in [0.05, 0.1) is 11.4 Å². The van der Waals surface area contributed by atoms with Crippen molar-refractivity contribution in [2.75, 3.05) is 11.9 Å². The third-order valence-corrected chi connectivity index (χ3v) is 6.39. The molecule has 0 aliphatic heterocycles. The first kappa shape index (κ1) is 20.7. The highest BCUT2D eigenvalue weighted by molar-refractivity contribution is 6.10. The zero-order valence-electron chi connectivity index (χ0n) is 17.8. The van der Waals surface area contributed by atoms with Gasteiger partial charge in [0.25, 0.3) is 0 Å². The Morgan fingerprint density at radius 2 is 1.47 bits per heavy atom. The number of benzene rings is 3. The van der Waals surface area contributed by atoms with Crippen LogP contribution in [0.2, 0.25) is 0 Å². The molecule has 1 heterocycles. The lowest BCUT2D eigenvalue weighted by Crippen LogP contribution is -2.19. The fourth-order valence-corrected chi connectivity index (χ4v) is 4.90. The van der Waals surface area contributed by atoms with E-state index >= 15 is 0 Å². The number of nitrogens with zero attached hydrogens (tertiary/aromatic N) is 1. The molecule has 0 saturated heterocycles. The van der Waals surface area contributed by atoms with Crippen LogP contribution in [0.1, 0.15) is 43.6 Å². The molecule has 6 heteroatoms. The Morgan fingerprint density at radius 3 is 2.22 bits per heavy atom. The van der Waals surface area contributed by atoms with Crippen LogP contribution in [0.5, 0.6) is 5.75 Å². The molecule has 3 aromatic carbocycles. The van der Waals surface area contributed by atoms with Crippen molar-refractivity contribution in [3.8, 4) is 5.75 Å². The minimum absolute atomic E-state index is 0.251. The molecular formula is C26H24F3NO2. The molecule has 0 N–H and O–H groups in total. The Kier molecular flexibility index (Phi) is 5.24. The lowest BCUT2D eigenvalue weighted by molar-refractivity contribution is -0.274. The van der Waals surface area contributed by atoms with Gasteiger partial charge in [-0.2, -0.15) is 0 Å². The fraction of sp³-hybridized carbons (Fsp3) is 0.308. The van der Waals surface area contributed by atoms with E-state index in [4.69, 9.17) is 4.42 Å². The van der Waals surface area contributed by atoms with Gasteiger partial charge in [0, 0.05) is 17.8 Å². The number of hydrogen-bond acceptors (Lipinski definition) is 3. The van der Waals surface area contributed by atoms with Gasteiger partial charge in [-0.15, -0.1) is 13.2 Å². The molecule has 4 aromatic rings. The maximum atomic E-state index is 12.9. The highest BCUT2D eigenvalue weighted by Gasteiger charge is 2.33. The summed E-state index contributed by atoms with van der Waals surface area (Å²) < 4.78 is 49.5. The number of hydrogen-bond donors (Lipinski definition) is 0. The molecule has 0 spiro atoms. The number of ether oxygens (including phenoxy) is 1. The van der Waals surface area contributed by atoms with Crippen molar-refractivity contribution in [2.24, 2.45) is 0 Å². The average molecular weight is 439 g/mol. The van der Waals surface area contributed by atoms with Gasteiger partial charge in [0.1, 0.15) is 5.58 Å². The fourth-order valence-electron chi connectivity index (χ4n) is 4.90. The van der Waals surface area contributed by atoms with Gasteiger partial charge in [-0.25, -0.2) is 0 Å². The van der Waals surface area contributed by atoms with Crippen molar-refractivity contribution in [1.82, 2.24) is 0 Å². The third-order valence-electron chi connectivity index (χ3n) is 6.39. The Bertz CT molecular complexity index is 1260. The molecule has 0 bridgehead atoms. The minimum Gasteiger partial charge on any atom is -0.454 e. The Morgan fingerprint density at radius 1 is 0.812 bits per heavy atom. The molecule has 1 fully saturated rings. The van der Waals surface area contributed by atoms with Crippen LogP contribution in [-0.4, -0.2) is 13.4 Å². The zero-order chi connectivity index (χ0) is 22.3. The summed E-state index contributed by atoms with van der Waals surface area (Å²) >= 11 is 0. The number of fused-ring (bicyclic) bond motifs is 3. The van der Waals surface area contributed by atoms with E-state index in [9.17, 15) is 13.2 Å². The van der Waals surface area contributed by atoms with Crippen LogP contribution in [-0.2, 0) is 0 Å². The van der Waals surface area contributed by atoms with E-state index in [2.05, 4.69) is 22.9 Å². The molecule has 32 heavy (non-hydrogen) atoms. The van der Waals surface area contributed by atoms with Crippen molar-refractivity contribution >= 4 is 33.3 Å². The molecule has 1 aliphatic carbocycles. The summed E-state index contributed by atoms with van der Waals surface area (Å²) in [7, 11) is 1.72. The van der Waals surface area contributed by atoms with Crippen molar-refractivity contribution in [2.45, 2.75) is 44.4 Å². The third kappa shape index (κ3) is 3.78. The molecule has 5 rings (SSSR count). The van der Waals surface area contributed by atoms with Gasteiger partial charge < -0.3 is 14.1 Å². The number of halogens is 3. The second kappa shape index (κ2) is 8.08. The van der Waals surface area contributed by atoms with Crippen LogP contribution >= 0.6 is 0 Å². The summed E-state index contributed by atoms with van der Waals surface area (Å²) in [5, 5.41) is 1.99. The minimum atomic E-state index is -4.77. The van der Waals surface area contributed by atoms with E-state index < -0.39 is 6.36 Å². The quantitative estimate of drug-likeness (QED) is 0.320. The van der Waals surface area contributed by atoms with Crippen molar-refractivity contribution in [3.63, 3.8) is 0 Å². The van der Waals surface area contributed by atoms with E-state index in [0.29, 0.717) is 22.9 Å². The SMILES string of the molecule is CN(c1ccccc1OC(F)(F)F)c1cccc2c1oc1c(C3CCCCC3)cccc12. The van der Waals surface area contributed by atoms with Crippen LogP contribution in [0.3, 0.4) is 0 Å². The molecule has 1 aliphatic rings. The summed E-state index contributed by atoms with van der Waals surface area (Å²) in [6.07, 6.45) is 1.28. The lowest BCUT2D eigenvalue weighted by Gasteiger charge is -2.23.